The van der Waals surface area contributed by atoms with Crippen molar-refractivity contribution in [1.82, 2.24) is 0 Å². The van der Waals surface area contributed by atoms with E-state index in [1.807, 2.05) is 30.3 Å². The van der Waals surface area contributed by atoms with Crippen LogP contribution < -0.4 is 10.1 Å². The summed E-state index contributed by atoms with van der Waals surface area (Å²) in [5.41, 5.74) is -1.17. The molecule has 0 aliphatic carbocycles. The SMILES string of the molecule is O=C1Nc2scc(-c3ccc(F)cc3OCc3ccccc3)c2C(=O)C1(F)c1ccccc1. The molecular formula is C26H17F2NO3S. The molecule has 1 atom stereocenters. The van der Waals surface area contributed by atoms with Gasteiger partial charge in [-0.05, 0) is 17.7 Å². The topological polar surface area (TPSA) is 55.4 Å². The Labute approximate surface area is 192 Å². The number of amides is 1. The Kier molecular flexibility index (Phi) is 5.26. The van der Waals surface area contributed by atoms with Crippen molar-refractivity contribution in [3.8, 4) is 16.9 Å². The van der Waals surface area contributed by atoms with Crippen LogP contribution in [0.1, 0.15) is 21.5 Å². The fraction of sp³-hybridized carbons (Fsp3) is 0.0769. The number of anilines is 1. The van der Waals surface area contributed by atoms with E-state index in [9.17, 15) is 14.0 Å². The number of fused-ring (bicyclic) bond motifs is 1. The molecule has 33 heavy (non-hydrogen) atoms. The lowest BCUT2D eigenvalue weighted by Crippen LogP contribution is -2.47. The van der Waals surface area contributed by atoms with Gasteiger partial charge in [0.1, 0.15) is 23.2 Å². The number of alkyl halides is 1. The molecule has 3 aromatic carbocycles. The Morgan fingerprint density at radius 3 is 2.33 bits per heavy atom. The van der Waals surface area contributed by atoms with Gasteiger partial charge in [-0.25, -0.2) is 8.78 Å². The van der Waals surface area contributed by atoms with Gasteiger partial charge in [0.05, 0.1) is 5.56 Å². The first-order valence-corrected chi connectivity index (χ1v) is 11.1. The van der Waals surface area contributed by atoms with Crippen LogP contribution in [0.25, 0.3) is 11.1 Å². The summed E-state index contributed by atoms with van der Waals surface area (Å²) < 4.78 is 36.0. The third-order valence-electron chi connectivity index (χ3n) is 5.51. The number of benzene rings is 3. The second-order valence-corrected chi connectivity index (χ2v) is 8.46. The minimum atomic E-state index is -2.87. The highest BCUT2D eigenvalue weighted by molar-refractivity contribution is 7.15. The van der Waals surface area contributed by atoms with Crippen molar-refractivity contribution in [1.29, 1.82) is 0 Å². The number of thiophene rings is 1. The zero-order chi connectivity index (χ0) is 23.0. The summed E-state index contributed by atoms with van der Waals surface area (Å²) in [6.45, 7) is 0.186. The largest absolute Gasteiger partial charge is 0.488 e. The first-order chi connectivity index (χ1) is 16.0. The zero-order valence-corrected chi connectivity index (χ0v) is 18.0. The number of hydrogen-bond acceptors (Lipinski definition) is 4. The monoisotopic (exact) mass is 461 g/mol. The molecule has 4 aromatic rings. The first kappa shape index (κ1) is 21.0. The molecule has 5 rings (SSSR count). The van der Waals surface area contributed by atoms with Crippen LogP contribution in [0, 0.1) is 5.82 Å². The number of ether oxygens (including phenoxy) is 1. The van der Waals surface area contributed by atoms with E-state index >= 15 is 4.39 Å². The van der Waals surface area contributed by atoms with Crippen molar-refractivity contribution in [2.75, 3.05) is 5.32 Å². The molecule has 1 unspecified atom stereocenters. The summed E-state index contributed by atoms with van der Waals surface area (Å²) >= 11 is 1.11. The van der Waals surface area contributed by atoms with E-state index in [0.29, 0.717) is 11.1 Å². The van der Waals surface area contributed by atoms with Crippen molar-refractivity contribution >= 4 is 28.0 Å². The van der Waals surface area contributed by atoms with Gasteiger partial charge in [-0.15, -0.1) is 11.3 Å². The Balaban J connectivity index is 1.58. The minimum absolute atomic E-state index is 0.0436. The van der Waals surface area contributed by atoms with Crippen molar-refractivity contribution in [2.45, 2.75) is 12.3 Å². The Bertz CT molecular complexity index is 1350. The minimum Gasteiger partial charge on any atom is -0.488 e. The van der Waals surface area contributed by atoms with Gasteiger partial charge in [0.2, 0.25) is 5.78 Å². The van der Waals surface area contributed by atoms with E-state index in [1.165, 1.54) is 30.3 Å². The molecule has 0 spiro atoms. The normalized spacial score (nSPS) is 17.4. The first-order valence-electron chi connectivity index (χ1n) is 10.2. The van der Waals surface area contributed by atoms with Gasteiger partial charge in [-0.1, -0.05) is 60.7 Å². The number of rotatable bonds is 5. The van der Waals surface area contributed by atoms with E-state index < -0.39 is 23.2 Å². The summed E-state index contributed by atoms with van der Waals surface area (Å²) in [4.78, 5) is 26.0. The number of halogens is 2. The van der Waals surface area contributed by atoms with Gasteiger partial charge < -0.3 is 10.1 Å². The lowest BCUT2D eigenvalue weighted by atomic mass is 9.83. The summed E-state index contributed by atoms with van der Waals surface area (Å²) in [5.74, 6) is -2.27. The van der Waals surface area contributed by atoms with E-state index in [0.717, 1.165) is 16.9 Å². The molecule has 7 heteroatoms. The maximum Gasteiger partial charge on any atom is 0.275 e. The van der Waals surface area contributed by atoms with Gasteiger partial charge in [0.25, 0.3) is 11.6 Å². The van der Waals surface area contributed by atoms with Crippen LogP contribution in [-0.2, 0) is 17.1 Å². The van der Waals surface area contributed by atoms with E-state index in [-0.39, 0.29) is 28.5 Å². The molecular weight excluding hydrogens is 444 g/mol. The highest BCUT2D eigenvalue weighted by Gasteiger charge is 2.53. The third kappa shape index (κ3) is 3.60. The van der Waals surface area contributed by atoms with Crippen molar-refractivity contribution in [3.05, 3.63) is 107 Å². The van der Waals surface area contributed by atoms with Crippen molar-refractivity contribution in [2.24, 2.45) is 0 Å². The van der Waals surface area contributed by atoms with Crippen LogP contribution in [-0.4, -0.2) is 11.7 Å². The molecule has 0 bridgehead atoms. The lowest BCUT2D eigenvalue weighted by molar-refractivity contribution is -0.125. The van der Waals surface area contributed by atoms with Crippen LogP contribution in [0.15, 0.2) is 84.2 Å². The van der Waals surface area contributed by atoms with Crippen LogP contribution in [0.2, 0.25) is 0 Å². The predicted molar refractivity (Wildman–Crippen MR) is 123 cm³/mol. The summed E-state index contributed by atoms with van der Waals surface area (Å²) in [7, 11) is 0. The van der Waals surface area contributed by atoms with Gasteiger partial charge in [-0.3, -0.25) is 9.59 Å². The smallest absolute Gasteiger partial charge is 0.275 e. The highest BCUT2D eigenvalue weighted by atomic mass is 32.1. The molecule has 1 aliphatic rings. The van der Waals surface area contributed by atoms with Crippen LogP contribution >= 0.6 is 11.3 Å². The number of hydrogen-bond donors (Lipinski definition) is 1. The fourth-order valence-corrected chi connectivity index (χ4v) is 4.79. The molecule has 1 N–H and O–H groups in total. The predicted octanol–water partition coefficient (Wildman–Crippen LogP) is 6.13. The van der Waals surface area contributed by atoms with E-state index in [4.69, 9.17) is 4.74 Å². The summed E-state index contributed by atoms with van der Waals surface area (Å²) in [5, 5.41) is 4.42. The third-order valence-corrected chi connectivity index (χ3v) is 6.41. The molecule has 4 nitrogen and oxygen atoms in total. The van der Waals surface area contributed by atoms with E-state index in [1.54, 1.807) is 23.6 Å². The number of Topliss-reactive ketones (excluding diaryl/α,β-unsaturated/α-hetero) is 1. The molecule has 2 heterocycles. The highest BCUT2D eigenvalue weighted by Crippen LogP contribution is 2.47. The Morgan fingerprint density at radius 2 is 1.61 bits per heavy atom. The van der Waals surface area contributed by atoms with Crippen LogP contribution in [0.3, 0.4) is 0 Å². The summed E-state index contributed by atoms with van der Waals surface area (Å²) in [6, 6.07) is 21.0. The zero-order valence-electron chi connectivity index (χ0n) is 17.2. The summed E-state index contributed by atoms with van der Waals surface area (Å²) in [6.07, 6.45) is 0. The second-order valence-electron chi connectivity index (χ2n) is 7.58. The Hall–Kier alpha value is -3.84. The quantitative estimate of drug-likeness (QED) is 0.364. The number of nitrogens with one attached hydrogen (secondary N) is 1. The van der Waals surface area contributed by atoms with Crippen molar-refractivity contribution in [3.63, 3.8) is 0 Å². The number of ketones is 1. The van der Waals surface area contributed by atoms with Crippen LogP contribution in [0.5, 0.6) is 5.75 Å². The number of carbonyl (C=O) groups excluding carboxylic acids is 2. The van der Waals surface area contributed by atoms with Gasteiger partial charge >= 0.3 is 0 Å². The molecule has 1 amide bonds. The van der Waals surface area contributed by atoms with Gasteiger partial charge in [-0.2, -0.15) is 0 Å². The fourth-order valence-electron chi connectivity index (χ4n) is 3.84. The van der Waals surface area contributed by atoms with Crippen molar-refractivity contribution < 1.29 is 23.1 Å². The van der Waals surface area contributed by atoms with Crippen LogP contribution in [0.4, 0.5) is 13.8 Å². The van der Waals surface area contributed by atoms with E-state index in [2.05, 4.69) is 5.32 Å². The maximum atomic E-state index is 16.0. The molecule has 0 saturated heterocycles. The molecule has 0 saturated carbocycles. The second kappa shape index (κ2) is 8.26. The Morgan fingerprint density at radius 1 is 0.909 bits per heavy atom. The van der Waals surface area contributed by atoms with Gasteiger partial charge in [0, 0.05) is 28.1 Å². The molecule has 164 valence electrons. The van der Waals surface area contributed by atoms with Gasteiger partial charge in [0.15, 0.2) is 0 Å². The molecule has 1 aromatic heterocycles. The molecule has 0 radical (unpaired) electrons. The average molecular weight is 461 g/mol. The maximum absolute atomic E-state index is 16.0. The average Bonchev–Trinajstić information content (AvgIpc) is 3.26. The lowest BCUT2D eigenvalue weighted by Gasteiger charge is -2.28. The molecule has 1 aliphatic heterocycles. The standard InChI is InChI=1S/C26H17F2NO3S/c27-18-11-12-19(21(13-18)32-14-16-7-3-1-4-8-16)20-15-33-24-22(20)23(30)26(28,25(31)29-24)17-9-5-2-6-10-17/h1-13,15H,14H2,(H,29,31). The number of carbonyl (C=O) groups is 2. The molecule has 0 fully saturated rings.